The van der Waals surface area contributed by atoms with E-state index >= 15 is 0 Å². The number of nitrogens with one attached hydrogen (secondary N) is 1. The van der Waals surface area contributed by atoms with Crippen molar-refractivity contribution in [3.05, 3.63) is 30.3 Å². The quantitative estimate of drug-likeness (QED) is 0.731. The first-order chi connectivity index (χ1) is 8.69. The van der Waals surface area contributed by atoms with Crippen molar-refractivity contribution in [2.24, 2.45) is 5.73 Å². The van der Waals surface area contributed by atoms with Gasteiger partial charge in [0, 0.05) is 18.8 Å². The Hall–Kier alpha value is -1.55. The molecule has 0 aliphatic heterocycles. The number of hydrogen-bond donors (Lipinski definition) is 2. The van der Waals surface area contributed by atoms with E-state index in [0.29, 0.717) is 6.54 Å². The molecule has 0 radical (unpaired) electrons. The average molecular weight is 249 g/mol. The van der Waals surface area contributed by atoms with Crippen molar-refractivity contribution < 1.29 is 4.79 Å². The van der Waals surface area contributed by atoms with E-state index in [-0.39, 0.29) is 11.9 Å². The first-order valence-electron chi connectivity index (χ1n) is 6.51. The summed E-state index contributed by atoms with van der Waals surface area (Å²) in [5.74, 6) is -0.294. The van der Waals surface area contributed by atoms with Crippen LogP contribution in [0.1, 0.15) is 20.3 Å². The van der Waals surface area contributed by atoms with Crippen molar-refractivity contribution in [1.29, 1.82) is 0 Å². The maximum absolute atomic E-state index is 11.4. The van der Waals surface area contributed by atoms with Crippen molar-refractivity contribution in [3.63, 3.8) is 0 Å². The number of amides is 1. The highest BCUT2D eigenvalue weighted by atomic mass is 16.1. The number of carbonyl (C=O) groups excluding carboxylic acids is 1. The van der Waals surface area contributed by atoms with Crippen molar-refractivity contribution in [2.75, 3.05) is 24.5 Å². The number of benzene rings is 1. The second-order valence-corrected chi connectivity index (χ2v) is 4.28. The molecule has 0 bridgehead atoms. The summed E-state index contributed by atoms with van der Waals surface area (Å²) in [6, 6.07) is 9.76. The maximum atomic E-state index is 11.4. The van der Waals surface area contributed by atoms with Crippen LogP contribution in [0.5, 0.6) is 0 Å². The molecule has 0 heterocycles. The lowest BCUT2D eigenvalue weighted by molar-refractivity contribution is -0.119. The molecule has 1 atom stereocenters. The number of anilines is 1. The molecule has 0 aliphatic rings. The number of nitrogens with zero attached hydrogens (tertiary/aromatic N) is 1. The van der Waals surface area contributed by atoms with Gasteiger partial charge in [-0.2, -0.15) is 0 Å². The van der Waals surface area contributed by atoms with E-state index < -0.39 is 0 Å². The predicted molar refractivity (Wildman–Crippen MR) is 75.6 cm³/mol. The van der Waals surface area contributed by atoms with Gasteiger partial charge in [0.2, 0.25) is 5.91 Å². The van der Waals surface area contributed by atoms with Crippen LogP contribution in [0.4, 0.5) is 5.69 Å². The topological polar surface area (TPSA) is 58.4 Å². The second-order valence-electron chi connectivity index (χ2n) is 4.28. The van der Waals surface area contributed by atoms with Crippen LogP contribution in [-0.4, -0.2) is 31.6 Å². The fourth-order valence-corrected chi connectivity index (χ4v) is 1.85. The summed E-state index contributed by atoms with van der Waals surface area (Å²) in [4.78, 5) is 13.6. The number of likely N-dealkylation sites (N-methyl/N-ethyl adjacent to an activating group) is 1. The summed E-state index contributed by atoms with van der Waals surface area (Å²) in [6.07, 6.45) is 0.987. The Bertz CT molecular complexity index is 353. The molecule has 3 N–H and O–H groups in total. The minimum absolute atomic E-state index is 0.294. The van der Waals surface area contributed by atoms with E-state index in [4.69, 9.17) is 5.73 Å². The summed E-state index contributed by atoms with van der Waals surface area (Å²) >= 11 is 0. The summed E-state index contributed by atoms with van der Waals surface area (Å²) in [5.41, 5.74) is 6.55. The van der Waals surface area contributed by atoms with Crippen LogP contribution in [0.25, 0.3) is 0 Å². The molecule has 0 fully saturated rings. The highest BCUT2D eigenvalue weighted by molar-refractivity contribution is 5.80. The van der Waals surface area contributed by atoms with Crippen LogP contribution in [0.2, 0.25) is 0 Å². The monoisotopic (exact) mass is 249 g/mol. The van der Waals surface area contributed by atoms with Crippen LogP contribution in [0, 0.1) is 0 Å². The van der Waals surface area contributed by atoms with E-state index in [1.165, 1.54) is 0 Å². The molecule has 18 heavy (non-hydrogen) atoms. The fourth-order valence-electron chi connectivity index (χ4n) is 1.85. The molecule has 0 aromatic heterocycles. The molecule has 0 saturated heterocycles. The smallest absolute Gasteiger partial charge is 0.236 e. The van der Waals surface area contributed by atoms with Gasteiger partial charge in [0.05, 0.1) is 0 Å². The van der Waals surface area contributed by atoms with Gasteiger partial charge in [-0.05, 0) is 32.0 Å². The van der Waals surface area contributed by atoms with Crippen LogP contribution >= 0.6 is 0 Å². The Labute approximate surface area is 109 Å². The molecule has 0 aliphatic carbocycles. The highest BCUT2D eigenvalue weighted by Crippen LogP contribution is 2.13. The molecule has 0 spiro atoms. The molecule has 0 saturated carbocycles. The summed E-state index contributed by atoms with van der Waals surface area (Å²) < 4.78 is 0. The molecule has 4 nitrogen and oxygen atoms in total. The molecular weight excluding hydrogens is 226 g/mol. The van der Waals surface area contributed by atoms with Gasteiger partial charge in [-0.15, -0.1) is 0 Å². The Morgan fingerprint density at radius 1 is 1.33 bits per heavy atom. The fraction of sp³-hybridized carbons (Fsp3) is 0.500. The predicted octanol–water partition coefficient (Wildman–Crippen LogP) is 1.37. The Morgan fingerprint density at radius 3 is 2.50 bits per heavy atom. The van der Waals surface area contributed by atoms with Gasteiger partial charge >= 0.3 is 0 Å². The molecule has 1 aromatic carbocycles. The molecule has 1 unspecified atom stereocenters. The second kappa shape index (κ2) is 7.71. The van der Waals surface area contributed by atoms with E-state index in [0.717, 1.165) is 25.2 Å². The Balaban J connectivity index is 2.68. The van der Waals surface area contributed by atoms with Gasteiger partial charge in [0.15, 0.2) is 0 Å². The first kappa shape index (κ1) is 14.5. The standard InChI is InChI=1S/C14H23N3O/c1-3-10-16-13(14(15)18)11-17(4-2)12-8-6-5-7-9-12/h5-9,13,16H,3-4,10-11H2,1-2H3,(H2,15,18). The van der Waals surface area contributed by atoms with Gasteiger partial charge in [-0.3, -0.25) is 4.79 Å². The van der Waals surface area contributed by atoms with Crippen molar-refractivity contribution in [3.8, 4) is 0 Å². The van der Waals surface area contributed by atoms with Crippen LogP contribution in [0.3, 0.4) is 0 Å². The van der Waals surface area contributed by atoms with E-state index in [1.54, 1.807) is 0 Å². The zero-order valence-corrected chi connectivity index (χ0v) is 11.2. The number of hydrogen-bond acceptors (Lipinski definition) is 3. The average Bonchev–Trinajstić information content (AvgIpc) is 2.39. The minimum Gasteiger partial charge on any atom is -0.370 e. The van der Waals surface area contributed by atoms with Gasteiger partial charge in [0.1, 0.15) is 6.04 Å². The minimum atomic E-state index is -0.301. The largest absolute Gasteiger partial charge is 0.370 e. The molecule has 4 heteroatoms. The van der Waals surface area contributed by atoms with E-state index in [2.05, 4.69) is 24.1 Å². The Kier molecular flexibility index (Phi) is 6.22. The SMILES string of the molecule is CCCNC(CN(CC)c1ccccc1)C(N)=O. The summed E-state index contributed by atoms with van der Waals surface area (Å²) in [6.45, 7) is 6.40. The number of primary amides is 1. The van der Waals surface area contributed by atoms with Gasteiger partial charge in [-0.1, -0.05) is 25.1 Å². The first-order valence-corrected chi connectivity index (χ1v) is 6.51. The van der Waals surface area contributed by atoms with Crippen molar-refractivity contribution in [2.45, 2.75) is 26.3 Å². The third-order valence-corrected chi connectivity index (χ3v) is 2.89. The van der Waals surface area contributed by atoms with Gasteiger partial charge in [-0.25, -0.2) is 0 Å². The number of rotatable bonds is 8. The number of nitrogens with two attached hydrogens (primary N) is 1. The maximum Gasteiger partial charge on any atom is 0.236 e. The van der Waals surface area contributed by atoms with E-state index in [9.17, 15) is 4.79 Å². The third kappa shape index (κ3) is 4.37. The lowest BCUT2D eigenvalue weighted by Gasteiger charge is -2.27. The lowest BCUT2D eigenvalue weighted by atomic mass is 10.2. The van der Waals surface area contributed by atoms with Crippen molar-refractivity contribution >= 4 is 11.6 Å². The molecular formula is C14H23N3O. The molecule has 1 rings (SSSR count). The van der Waals surface area contributed by atoms with Gasteiger partial charge < -0.3 is 16.0 Å². The summed E-state index contributed by atoms with van der Waals surface area (Å²) in [5, 5.41) is 3.19. The normalized spacial score (nSPS) is 12.1. The van der Waals surface area contributed by atoms with Crippen LogP contribution < -0.4 is 16.0 Å². The highest BCUT2D eigenvalue weighted by Gasteiger charge is 2.17. The zero-order chi connectivity index (χ0) is 13.4. The van der Waals surface area contributed by atoms with E-state index in [1.807, 2.05) is 30.3 Å². The zero-order valence-electron chi connectivity index (χ0n) is 11.2. The van der Waals surface area contributed by atoms with Crippen molar-refractivity contribution in [1.82, 2.24) is 5.32 Å². The number of carbonyl (C=O) groups is 1. The van der Waals surface area contributed by atoms with Crippen LogP contribution in [0.15, 0.2) is 30.3 Å². The Morgan fingerprint density at radius 2 is 2.00 bits per heavy atom. The third-order valence-electron chi connectivity index (χ3n) is 2.89. The van der Waals surface area contributed by atoms with Gasteiger partial charge in [0.25, 0.3) is 0 Å². The molecule has 1 aromatic rings. The van der Waals surface area contributed by atoms with Crippen LogP contribution in [-0.2, 0) is 4.79 Å². The summed E-state index contributed by atoms with van der Waals surface area (Å²) in [7, 11) is 0. The number of para-hydroxylation sites is 1. The lowest BCUT2D eigenvalue weighted by Crippen LogP contribution is -2.49. The molecule has 100 valence electrons. The molecule has 1 amide bonds.